The Morgan fingerprint density at radius 2 is 1.09 bits per heavy atom. The number of benzene rings is 4. The van der Waals surface area contributed by atoms with Crippen LogP contribution in [0.5, 0.6) is 0 Å². The van der Waals surface area contributed by atoms with E-state index in [1.165, 1.54) is 12.1 Å². The maximum Gasteiger partial charge on any atom is 1.00 e. The molecule has 0 fully saturated rings. The quantitative estimate of drug-likeness (QED) is 0.116. The molecule has 152 valence electrons. The Morgan fingerprint density at radius 3 is 1.59 bits per heavy atom. The third-order valence-electron chi connectivity index (χ3n) is 4.56. The molecule has 2 N–H and O–H groups in total. The van der Waals surface area contributed by atoms with E-state index in [1.807, 2.05) is 0 Å². The van der Waals surface area contributed by atoms with E-state index in [1.54, 1.807) is 18.2 Å². The fourth-order valence-corrected chi connectivity index (χ4v) is 7.18. The maximum atomic E-state index is 12.0. The third kappa shape index (κ3) is 4.90. The molecule has 4 rings (SSSR count). The largest absolute Gasteiger partial charge is 1.00 e. The standard InChI is InChI=1S/C16H11NO9S3.3Na/c17-10-6-8-3-1-2-7-4-5-9-12(11(7)8)13(10)15(28(21,22)23)16(29(24,25)26)14(9)27(18,19)20;;;/h1-6H,17H2,(H,18,19,20)(H,21,22,23)(H,24,25,26);;;/q;3*+1/p-3. The first-order valence-corrected chi connectivity index (χ1v) is 11.9. The summed E-state index contributed by atoms with van der Waals surface area (Å²) in [5, 5.41) is -0.220. The molecule has 0 aliphatic carbocycles. The van der Waals surface area contributed by atoms with Gasteiger partial charge in [0, 0.05) is 21.8 Å². The summed E-state index contributed by atoms with van der Waals surface area (Å²) < 4.78 is 107. The minimum atomic E-state index is -5.90. The van der Waals surface area contributed by atoms with Gasteiger partial charge in [-0.05, 0) is 22.2 Å². The van der Waals surface area contributed by atoms with Crippen molar-refractivity contribution in [1.29, 1.82) is 0 Å². The van der Waals surface area contributed by atoms with Crippen molar-refractivity contribution in [3.63, 3.8) is 0 Å². The van der Waals surface area contributed by atoms with Gasteiger partial charge in [0.15, 0.2) is 0 Å². The van der Waals surface area contributed by atoms with Gasteiger partial charge in [-0.2, -0.15) is 0 Å². The van der Waals surface area contributed by atoms with E-state index >= 15 is 0 Å². The fourth-order valence-electron chi connectivity index (χ4n) is 3.66. The topological polar surface area (TPSA) is 198 Å². The molecule has 0 saturated carbocycles. The van der Waals surface area contributed by atoms with Gasteiger partial charge in [-0.25, -0.2) is 25.3 Å². The van der Waals surface area contributed by atoms with Gasteiger partial charge >= 0.3 is 88.7 Å². The Labute approximate surface area is 249 Å². The second-order valence-corrected chi connectivity index (χ2v) is 10.2. The van der Waals surface area contributed by atoms with Crippen molar-refractivity contribution in [3.8, 4) is 0 Å². The third-order valence-corrected chi connectivity index (χ3v) is 7.56. The van der Waals surface area contributed by atoms with Crippen LogP contribution in [0, 0.1) is 0 Å². The Morgan fingerprint density at radius 1 is 0.594 bits per heavy atom. The van der Waals surface area contributed by atoms with Crippen LogP contribution < -0.4 is 94.4 Å². The molecule has 0 radical (unpaired) electrons. The van der Waals surface area contributed by atoms with Crippen LogP contribution in [0.4, 0.5) is 5.69 Å². The summed E-state index contributed by atoms with van der Waals surface area (Å²) >= 11 is 0. The molecule has 0 aliphatic heterocycles. The zero-order valence-corrected chi connectivity index (χ0v) is 25.4. The van der Waals surface area contributed by atoms with Crippen molar-refractivity contribution >= 4 is 68.4 Å². The summed E-state index contributed by atoms with van der Waals surface area (Å²) in [6, 6.07) is 8.46. The summed E-state index contributed by atoms with van der Waals surface area (Å²) in [4.78, 5) is -5.16. The molecule has 0 saturated heterocycles. The monoisotopic (exact) mass is 523 g/mol. The minimum absolute atomic E-state index is 0. The molecule has 0 amide bonds. The molecule has 0 aliphatic rings. The van der Waals surface area contributed by atoms with Gasteiger partial charge in [-0.3, -0.25) is 0 Å². The number of rotatable bonds is 3. The van der Waals surface area contributed by atoms with Crippen LogP contribution in [0.2, 0.25) is 0 Å². The molecular formula is C16H8NNa3O9S3. The molecule has 4 aromatic carbocycles. The molecule has 0 unspecified atom stereocenters. The average molecular weight is 523 g/mol. The molecule has 0 aromatic heterocycles. The zero-order valence-electron chi connectivity index (χ0n) is 16.9. The second kappa shape index (κ2) is 9.84. The van der Waals surface area contributed by atoms with Crippen molar-refractivity contribution in [3.05, 3.63) is 36.4 Å². The molecule has 0 heterocycles. The molecule has 0 atom stereocenters. The summed E-state index contributed by atoms with van der Waals surface area (Å²) in [5.74, 6) is 0. The first-order valence-electron chi connectivity index (χ1n) is 7.63. The van der Waals surface area contributed by atoms with Gasteiger partial charge < -0.3 is 19.4 Å². The Hall–Kier alpha value is 0.450. The predicted molar refractivity (Wildman–Crippen MR) is 98.4 cm³/mol. The van der Waals surface area contributed by atoms with Crippen LogP contribution in [0.1, 0.15) is 0 Å². The van der Waals surface area contributed by atoms with Gasteiger partial charge in [-0.1, -0.05) is 30.3 Å². The predicted octanol–water partition coefficient (Wildman–Crippen LogP) is -8.11. The van der Waals surface area contributed by atoms with Crippen molar-refractivity contribution in [2.24, 2.45) is 0 Å². The minimum Gasteiger partial charge on any atom is -0.744 e. The van der Waals surface area contributed by atoms with Crippen molar-refractivity contribution in [2.45, 2.75) is 14.7 Å². The van der Waals surface area contributed by atoms with Crippen LogP contribution in [0.25, 0.3) is 32.3 Å². The number of nitrogens with two attached hydrogens (primary N) is 1. The molecule has 16 heteroatoms. The number of hydrogen-bond acceptors (Lipinski definition) is 10. The normalized spacial score (nSPS) is 12.3. The number of anilines is 1. The summed E-state index contributed by atoms with van der Waals surface area (Å²) in [6.07, 6.45) is 0. The van der Waals surface area contributed by atoms with Gasteiger partial charge in [0.2, 0.25) is 0 Å². The number of nitrogen functional groups attached to an aromatic ring is 1. The van der Waals surface area contributed by atoms with E-state index < -0.39 is 55.8 Å². The molecule has 0 spiro atoms. The molecule has 10 nitrogen and oxygen atoms in total. The van der Waals surface area contributed by atoms with E-state index in [9.17, 15) is 38.9 Å². The van der Waals surface area contributed by atoms with Crippen LogP contribution in [0.3, 0.4) is 0 Å². The van der Waals surface area contributed by atoms with Crippen LogP contribution in [0.15, 0.2) is 51.1 Å². The summed E-state index contributed by atoms with van der Waals surface area (Å²) in [6.45, 7) is 0. The van der Waals surface area contributed by atoms with E-state index in [2.05, 4.69) is 0 Å². The molecule has 32 heavy (non-hydrogen) atoms. The summed E-state index contributed by atoms with van der Waals surface area (Å²) in [5.41, 5.74) is 5.50. The zero-order chi connectivity index (χ0) is 21.5. The smallest absolute Gasteiger partial charge is 0.744 e. The first kappa shape index (κ1) is 30.5. The molecule has 0 bridgehead atoms. The SMILES string of the molecule is Nc1cc2cccc3ccc4c(S(=O)(=O)[O-])c(S(=O)(=O)[O-])c(S(=O)(=O)[O-])c1c4c32.[Na+].[Na+].[Na+]. The second-order valence-electron chi connectivity index (χ2n) is 6.26. The van der Waals surface area contributed by atoms with Crippen LogP contribution in [-0.2, 0) is 30.4 Å². The Bertz CT molecular complexity index is 1690. The van der Waals surface area contributed by atoms with Crippen LogP contribution >= 0.6 is 0 Å². The van der Waals surface area contributed by atoms with Crippen molar-refractivity contribution < 1.29 is 128 Å². The Balaban J connectivity index is 0.00000171. The van der Waals surface area contributed by atoms with E-state index in [4.69, 9.17) is 5.73 Å². The first-order chi connectivity index (χ1) is 13.2. The number of hydrogen-bond donors (Lipinski definition) is 1. The fraction of sp³-hybridized carbons (Fsp3) is 0. The van der Waals surface area contributed by atoms with E-state index in [-0.39, 0.29) is 105 Å². The molecule has 4 aromatic rings. The van der Waals surface area contributed by atoms with E-state index in [0.29, 0.717) is 10.8 Å². The molecular weight excluding hydrogens is 515 g/mol. The van der Waals surface area contributed by atoms with Gasteiger partial charge in [0.05, 0.1) is 14.7 Å². The van der Waals surface area contributed by atoms with Crippen molar-refractivity contribution in [1.82, 2.24) is 0 Å². The van der Waals surface area contributed by atoms with Gasteiger partial charge in [-0.15, -0.1) is 0 Å². The Kier molecular flexibility index (Phi) is 9.37. The summed E-state index contributed by atoms with van der Waals surface area (Å²) in [7, 11) is -17.4. The van der Waals surface area contributed by atoms with Gasteiger partial charge in [0.25, 0.3) is 0 Å². The van der Waals surface area contributed by atoms with Gasteiger partial charge in [0.1, 0.15) is 30.4 Å². The van der Waals surface area contributed by atoms with E-state index in [0.717, 1.165) is 6.07 Å². The maximum absolute atomic E-state index is 12.0. The van der Waals surface area contributed by atoms with Crippen molar-refractivity contribution in [2.75, 3.05) is 5.73 Å². The average Bonchev–Trinajstić information content (AvgIpc) is 2.56. The van der Waals surface area contributed by atoms with Crippen LogP contribution in [-0.4, -0.2) is 38.9 Å².